The van der Waals surface area contributed by atoms with Gasteiger partial charge in [-0.15, -0.1) is 0 Å². The molecule has 0 saturated carbocycles. The van der Waals surface area contributed by atoms with Gasteiger partial charge in [0.1, 0.15) is 6.04 Å². The number of ether oxygens (including phenoxy) is 1. The smallest absolute Gasteiger partial charge is 0.418 e. The van der Waals surface area contributed by atoms with E-state index in [-0.39, 0.29) is 42.8 Å². The number of alkyl halides is 3. The lowest BCUT2D eigenvalue weighted by Crippen LogP contribution is -2.52. The van der Waals surface area contributed by atoms with Gasteiger partial charge in [0.25, 0.3) is 0 Å². The van der Waals surface area contributed by atoms with Crippen molar-refractivity contribution in [3.8, 4) is 0 Å². The largest absolute Gasteiger partial charge is 0.491 e. The molecule has 3 N–H and O–H groups in total. The Balaban J connectivity index is 1.48. The summed E-state index contributed by atoms with van der Waals surface area (Å²) in [7, 11) is 0. The van der Waals surface area contributed by atoms with Crippen LogP contribution in [0.5, 0.6) is 0 Å². The maximum absolute atomic E-state index is 13.9. The minimum absolute atomic E-state index is 0.0674. The normalized spacial score (nSPS) is 22.5. The molecule has 2 aliphatic carbocycles. The number of esters is 1. The molecule has 0 saturated heterocycles. The van der Waals surface area contributed by atoms with Crippen molar-refractivity contribution >= 4 is 34.4 Å². The molecule has 3 unspecified atom stereocenters. The highest BCUT2D eigenvalue weighted by Gasteiger charge is 2.47. The first-order chi connectivity index (χ1) is 21.0. The monoisotopic (exact) mass is 610 g/mol. The molecule has 3 atom stereocenters. The summed E-state index contributed by atoms with van der Waals surface area (Å²) in [6.07, 6.45) is -1.000. The highest BCUT2D eigenvalue weighted by molar-refractivity contribution is 6.17. The van der Waals surface area contributed by atoms with Crippen LogP contribution in [0.25, 0.3) is 10.9 Å². The van der Waals surface area contributed by atoms with Gasteiger partial charge >= 0.3 is 18.1 Å². The third-order valence-corrected chi connectivity index (χ3v) is 7.63. The molecule has 2 heterocycles. The average Bonchev–Trinajstić information content (AvgIpc) is 3.36. The molecule has 14 heteroatoms. The maximum atomic E-state index is 13.9. The highest BCUT2D eigenvalue weighted by Crippen LogP contribution is 2.40. The van der Waals surface area contributed by atoms with Crippen molar-refractivity contribution in [2.24, 2.45) is 17.6 Å². The van der Waals surface area contributed by atoms with Crippen molar-refractivity contribution in [3.63, 3.8) is 0 Å². The van der Waals surface area contributed by atoms with Gasteiger partial charge in [0.15, 0.2) is 17.3 Å². The van der Waals surface area contributed by atoms with Crippen molar-refractivity contribution in [3.05, 3.63) is 95.0 Å². The van der Waals surface area contributed by atoms with Gasteiger partial charge in [-0.3, -0.25) is 19.9 Å². The van der Waals surface area contributed by atoms with Crippen LogP contribution in [0.15, 0.2) is 78.3 Å². The van der Waals surface area contributed by atoms with Crippen molar-refractivity contribution in [2.75, 3.05) is 18.3 Å². The van der Waals surface area contributed by atoms with Gasteiger partial charge in [0.05, 0.1) is 36.2 Å². The van der Waals surface area contributed by atoms with E-state index in [0.29, 0.717) is 11.1 Å². The number of benzene rings is 2. The van der Waals surface area contributed by atoms with Crippen LogP contribution < -0.4 is 16.3 Å². The summed E-state index contributed by atoms with van der Waals surface area (Å²) in [5.41, 5.74) is 10.4. The van der Waals surface area contributed by atoms with Crippen LogP contribution >= 0.6 is 0 Å². The minimum atomic E-state index is -5.33. The quantitative estimate of drug-likeness (QED) is 0.336. The third kappa shape index (κ3) is 5.22. The molecule has 0 radical (unpaired) electrons. The number of rotatable bonds is 3. The number of allylic oxidation sites excluding steroid dienone is 3. The van der Waals surface area contributed by atoms with E-state index in [1.807, 2.05) is 6.07 Å². The zero-order valence-electron chi connectivity index (χ0n) is 22.9. The number of hydrogen-bond donors (Lipinski definition) is 2. The summed E-state index contributed by atoms with van der Waals surface area (Å²) in [5, 5.41) is 2.22. The molecule has 3 aromatic rings. The molecule has 228 valence electrons. The predicted octanol–water partition coefficient (Wildman–Crippen LogP) is 3.03. The van der Waals surface area contributed by atoms with Gasteiger partial charge in [0, 0.05) is 29.1 Å². The number of fused-ring (bicyclic) bond motifs is 7. The summed E-state index contributed by atoms with van der Waals surface area (Å²) in [4.78, 5) is 61.5. The van der Waals surface area contributed by atoms with Crippen LogP contribution in [0.4, 0.5) is 13.2 Å². The molecule has 1 aliphatic heterocycles. The summed E-state index contributed by atoms with van der Waals surface area (Å²) >= 11 is 0. The lowest BCUT2D eigenvalue weighted by Gasteiger charge is -2.37. The summed E-state index contributed by atoms with van der Waals surface area (Å²) in [6.45, 7) is 0.0138. The van der Waals surface area contributed by atoms with Crippen molar-refractivity contribution < 1.29 is 46.9 Å². The lowest BCUT2D eigenvalue weighted by molar-refractivity contribution is -0.273. The molecule has 1 aromatic heterocycles. The standard InChI is InChI=1S/C30H25F3N4O7/c31-30(32,33)29(41)43-23-11-10-20-24(27(39)19-8-2-1-7-18(19)26(20)38)25(23)35-37-12-5-13-42-44-28(40)21(34)14-16-15-36(37)22-9-4-3-6-17(16)22/h1-4,6-11,15,20-21,24,35H,5,12-14,34H2. The number of Topliss-reactive ketones (excluding diaryl/α,β-unsaturated/α-hetero) is 2. The van der Waals surface area contributed by atoms with Gasteiger partial charge in [-0.2, -0.15) is 18.1 Å². The van der Waals surface area contributed by atoms with E-state index < -0.39 is 53.3 Å². The second kappa shape index (κ2) is 11.3. The predicted molar refractivity (Wildman–Crippen MR) is 147 cm³/mol. The van der Waals surface area contributed by atoms with Gasteiger partial charge in [0.2, 0.25) is 0 Å². The lowest BCUT2D eigenvalue weighted by atomic mass is 9.70. The Morgan fingerprint density at radius 1 is 1.02 bits per heavy atom. The molecular weight excluding hydrogens is 585 g/mol. The fraction of sp³-hybridized carbons (Fsp3) is 0.267. The first kappa shape index (κ1) is 29.1. The molecule has 3 aliphatic rings. The fourth-order valence-electron chi connectivity index (χ4n) is 5.59. The van der Waals surface area contributed by atoms with Gasteiger partial charge in [-0.25, -0.2) is 19.4 Å². The number of aromatic nitrogens is 1. The van der Waals surface area contributed by atoms with E-state index in [4.69, 9.17) is 20.2 Å². The number of hydrogen-bond acceptors (Lipinski definition) is 10. The van der Waals surface area contributed by atoms with Crippen LogP contribution in [-0.4, -0.2) is 53.6 Å². The van der Waals surface area contributed by atoms with Gasteiger partial charge in [-0.1, -0.05) is 48.5 Å². The number of para-hydroxylation sites is 1. The zero-order chi connectivity index (χ0) is 31.2. The van der Waals surface area contributed by atoms with E-state index >= 15 is 0 Å². The van der Waals surface area contributed by atoms with E-state index in [1.165, 1.54) is 23.3 Å². The van der Waals surface area contributed by atoms with Crippen molar-refractivity contribution in [1.29, 1.82) is 0 Å². The molecule has 0 fully saturated rings. The molecule has 11 nitrogen and oxygen atoms in total. The number of carbonyl (C=O) groups is 4. The van der Waals surface area contributed by atoms with Crippen LogP contribution in [0.1, 0.15) is 32.7 Å². The topological polar surface area (TPSA) is 142 Å². The van der Waals surface area contributed by atoms with E-state index in [0.717, 1.165) is 11.5 Å². The Kier molecular flexibility index (Phi) is 7.47. The van der Waals surface area contributed by atoms with Gasteiger partial charge < -0.3 is 10.5 Å². The van der Waals surface area contributed by atoms with Gasteiger partial charge in [-0.05, 0) is 24.1 Å². The van der Waals surface area contributed by atoms with E-state index in [2.05, 4.69) is 5.43 Å². The number of nitrogens with zero attached hydrogens (tertiary/aromatic N) is 2. The number of carbonyl (C=O) groups excluding carboxylic acids is 4. The Morgan fingerprint density at radius 3 is 2.48 bits per heavy atom. The molecule has 2 bridgehead atoms. The molecule has 0 spiro atoms. The van der Waals surface area contributed by atoms with E-state index in [1.54, 1.807) is 41.2 Å². The zero-order valence-corrected chi connectivity index (χ0v) is 22.9. The van der Waals surface area contributed by atoms with Crippen molar-refractivity contribution in [1.82, 2.24) is 10.1 Å². The highest BCUT2D eigenvalue weighted by atomic mass is 19.4. The minimum Gasteiger partial charge on any atom is -0.418 e. The average molecular weight is 611 g/mol. The summed E-state index contributed by atoms with van der Waals surface area (Å²) in [6, 6.07) is 12.3. The third-order valence-electron chi connectivity index (χ3n) is 7.63. The number of halogens is 3. The Morgan fingerprint density at radius 2 is 1.73 bits per heavy atom. The Labute approximate surface area is 247 Å². The van der Waals surface area contributed by atoms with Crippen molar-refractivity contribution in [2.45, 2.75) is 25.1 Å². The number of nitrogens with one attached hydrogen (secondary N) is 1. The Hall–Kier alpha value is -4.95. The number of hydrazine groups is 1. The SMILES string of the molecule is NC1Cc2cn(c3ccccc23)N(NC2=C(OC(=O)C(F)(F)F)C=CC3C(=O)c4ccccc4C(=O)C23)CCCOOC1=O. The van der Waals surface area contributed by atoms with E-state index in [9.17, 15) is 32.3 Å². The first-order valence-electron chi connectivity index (χ1n) is 13.7. The number of nitrogens with two attached hydrogens (primary N) is 1. The maximum Gasteiger partial charge on any atom is 0.491 e. The van der Waals surface area contributed by atoms with Crippen LogP contribution in [0.2, 0.25) is 0 Å². The molecule has 6 rings (SSSR count). The first-order valence-corrected chi connectivity index (χ1v) is 13.7. The Bertz CT molecular complexity index is 1750. The molecular formula is C30H25F3N4O7. The molecule has 0 amide bonds. The second-order valence-electron chi connectivity index (χ2n) is 10.4. The summed E-state index contributed by atoms with van der Waals surface area (Å²) in [5.74, 6) is -7.15. The van der Waals surface area contributed by atoms with Crippen LogP contribution in [-0.2, 0) is 30.5 Å². The van der Waals surface area contributed by atoms with Crippen LogP contribution in [0.3, 0.4) is 0 Å². The molecule has 2 aromatic carbocycles. The second-order valence-corrected chi connectivity index (χ2v) is 10.4. The molecule has 44 heavy (non-hydrogen) atoms. The van der Waals surface area contributed by atoms with Crippen LogP contribution in [0, 0.1) is 11.8 Å². The summed E-state index contributed by atoms with van der Waals surface area (Å²) < 4.78 is 46.4. The number of ketones is 2. The fourth-order valence-corrected chi connectivity index (χ4v) is 5.59.